The number of aryl methyl sites for hydroxylation is 1. The number of carbonyl (C=O) groups is 4. The van der Waals surface area contributed by atoms with Crippen molar-refractivity contribution in [3.05, 3.63) is 89.4 Å². The number of carbonyl (C=O) groups excluding carboxylic acids is 4. The normalized spacial score (nSPS) is 15.5. The number of hydrogen-bond donors (Lipinski definition) is 4. The first-order chi connectivity index (χ1) is 24.5. The number of rotatable bonds is 18. The molecule has 0 spiro atoms. The fraction of sp³-hybridized carbons (Fsp3) is 0.432. The molecule has 0 aliphatic carbocycles. The van der Waals surface area contributed by atoms with E-state index in [1.807, 2.05) is 35.9 Å². The Balaban J connectivity index is 1.27. The highest BCUT2D eigenvalue weighted by atomic mass is 32.2. The zero-order chi connectivity index (χ0) is 36.8. The molecule has 13 nitrogen and oxygen atoms in total. The topological polar surface area (TPSA) is 184 Å². The molecule has 51 heavy (non-hydrogen) atoms. The molecule has 0 saturated carbocycles. The minimum atomic E-state index is -4.18. The molecule has 2 aromatic carbocycles. The second kappa shape index (κ2) is 18.9. The number of pyridine rings is 1. The Labute approximate surface area is 298 Å². The number of fused-ring (bicyclic) bond motifs is 1. The number of alkyl carbamates (subject to hydrolysis) is 1. The Hall–Kier alpha value is -4.98. The number of aromatic nitrogens is 1. The van der Waals surface area contributed by atoms with E-state index in [2.05, 4.69) is 22.2 Å². The second-order valence-corrected chi connectivity index (χ2v) is 14.3. The smallest absolute Gasteiger partial charge is 0.407 e. The van der Waals surface area contributed by atoms with E-state index in [-0.39, 0.29) is 30.0 Å². The van der Waals surface area contributed by atoms with E-state index in [9.17, 15) is 32.4 Å². The molecule has 1 unspecified atom stereocenters. The molecule has 2 heterocycles. The molecular formula is C37H47N5O8S. The maximum atomic E-state index is 13.7. The summed E-state index contributed by atoms with van der Waals surface area (Å²) in [6, 6.07) is 12.0. The Kier molecular flexibility index (Phi) is 14.4. The summed E-state index contributed by atoms with van der Waals surface area (Å²) in [7, 11) is -4.18. The monoisotopic (exact) mass is 721 g/mol. The molecule has 14 heteroatoms. The lowest BCUT2D eigenvalue weighted by atomic mass is 10.0. The van der Waals surface area contributed by atoms with Crippen LogP contribution in [0, 0.1) is 0 Å². The third-order valence-corrected chi connectivity index (χ3v) is 10.1. The van der Waals surface area contributed by atoms with Crippen LogP contribution in [0.3, 0.4) is 0 Å². The highest BCUT2D eigenvalue weighted by molar-refractivity contribution is 7.90. The fourth-order valence-electron chi connectivity index (χ4n) is 6.04. The van der Waals surface area contributed by atoms with Crippen molar-refractivity contribution in [1.82, 2.24) is 25.2 Å². The summed E-state index contributed by atoms with van der Waals surface area (Å²) in [5.41, 5.74) is 0.934. The van der Waals surface area contributed by atoms with Gasteiger partial charge in [-0.3, -0.25) is 19.2 Å². The van der Waals surface area contributed by atoms with Crippen LogP contribution in [0.5, 0.6) is 0 Å². The number of nitrogens with zero attached hydrogens (tertiary/aromatic N) is 1. The lowest BCUT2D eigenvalue weighted by molar-refractivity contribution is -0.140. The van der Waals surface area contributed by atoms with Gasteiger partial charge >= 0.3 is 6.09 Å². The van der Waals surface area contributed by atoms with Crippen molar-refractivity contribution in [2.24, 2.45) is 0 Å². The van der Waals surface area contributed by atoms with Gasteiger partial charge in [0.05, 0.1) is 11.5 Å². The van der Waals surface area contributed by atoms with E-state index in [0.717, 1.165) is 36.6 Å². The van der Waals surface area contributed by atoms with Crippen molar-refractivity contribution in [2.75, 3.05) is 13.2 Å². The summed E-state index contributed by atoms with van der Waals surface area (Å²) >= 11 is 0. The standard InChI is InChI=1S/C37H47N5O8S/c1-3-5-17-31(40-37(47)50-24-11-7-8-14-26-19-20-27-21-22-38-33(43)29(27)25-26)36(46)42-23-12-18-32(42)35(45)39-30(13-4-2)34(44)41-51(48,49)28-15-9-6-10-16-28/h4,6,9-10,15-16,19-22,25,30-32H,2-3,5,7-8,11-14,17-18,23-24H2,1H3,(H,38,43)(H,39,45)(H,40,47)(H,41,44)/t30?,31-,32-/m0/s1. The summed E-state index contributed by atoms with van der Waals surface area (Å²) < 4.78 is 32.8. The average Bonchev–Trinajstić information content (AvgIpc) is 3.62. The van der Waals surface area contributed by atoms with Crippen LogP contribution in [0.4, 0.5) is 4.79 Å². The zero-order valence-electron chi connectivity index (χ0n) is 28.9. The fourth-order valence-corrected chi connectivity index (χ4v) is 7.08. The van der Waals surface area contributed by atoms with Gasteiger partial charge in [0, 0.05) is 18.1 Å². The van der Waals surface area contributed by atoms with Crippen LogP contribution in [0.25, 0.3) is 10.8 Å². The molecule has 4 rings (SSSR count). The number of aromatic amines is 1. The second-order valence-electron chi connectivity index (χ2n) is 12.6. The Morgan fingerprint density at radius 1 is 1.02 bits per heavy atom. The molecule has 1 aliphatic rings. The van der Waals surface area contributed by atoms with Crippen LogP contribution in [-0.2, 0) is 35.6 Å². The van der Waals surface area contributed by atoms with E-state index in [1.54, 1.807) is 12.3 Å². The van der Waals surface area contributed by atoms with Gasteiger partial charge in [-0.05, 0) is 86.6 Å². The first-order valence-corrected chi connectivity index (χ1v) is 18.9. The van der Waals surface area contributed by atoms with Crippen LogP contribution < -0.4 is 20.9 Å². The van der Waals surface area contributed by atoms with Crippen molar-refractivity contribution in [1.29, 1.82) is 0 Å². The molecule has 1 aliphatic heterocycles. The summed E-state index contributed by atoms with van der Waals surface area (Å²) in [4.78, 5) is 69.0. The van der Waals surface area contributed by atoms with Crippen LogP contribution in [0.15, 0.2) is 83.1 Å². The van der Waals surface area contributed by atoms with Crippen LogP contribution in [-0.4, -0.2) is 73.4 Å². The van der Waals surface area contributed by atoms with Crippen LogP contribution in [0.2, 0.25) is 0 Å². The molecule has 274 valence electrons. The number of benzene rings is 2. The average molecular weight is 722 g/mol. The number of H-pyrrole nitrogens is 1. The molecule has 3 aromatic rings. The molecule has 3 atom stereocenters. The zero-order valence-corrected chi connectivity index (χ0v) is 29.7. The van der Waals surface area contributed by atoms with Gasteiger partial charge in [-0.2, -0.15) is 0 Å². The number of likely N-dealkylation sites (tertiary alicyclic amines) is 1. The molecule has 1 fully saturated rings. The molecule has 0 bridgehead atoms. The third kappa shape index (κ3) is 11.0. The summed E-state index contributed by atoms with van der Waals surface area (Å²) in [5.74, 6) is -1.96. The molecule has 0 radical (unpaired) electrons. The summed E-state index contributed by atoms with van der Waals surface area (Å²) in [6.07, 6.45) is 7.94. The summed E-state index contributed by atoms with van der Waals surface area (Å²) in [5, 5.41) is 6.82. The summed E-state index contributed by atoms with van der Waals surface area (Å²) in [6.45, 7) is 6.03. The lowest BCUT2D eigenvalue weighted by Crippen LogP contribution is -2.56. The van der Waals surface area contributed by atoms with E-state index in [0.29, 0.717) is 37.5 Å². The SMILES string of the molecule is C=CCC(NC(=O)[C@@H]1CCCN1C(=O)[C@H](CCCC)NC(=O)OCCCCCc1ccc2cc[nH]c(=O)c2c1)C(=O)NS(=O)(=O)c1ccccc1. The number of hydrogen-bond acceptors (Lipinski definition) is 8. The van der Waals surface area contributed by atoms with Crippen molar-refractivity contribution >= 4 is 44.6 Å². The van der Waals surface area contributed by atoms with Gasteiger partial charge in [0.15, 0.2) is 0 Å². The molecule has 1 saturated heterocycles. The Morgan fingerprint density at radius 2 is 1.80 bits per heavy atom. The maximum absolute atomic E-state index is 13.7. The van der Waals surface area contributed by atoms with Gasteiger partial charge in [-0.1, -0.05) is 56.2 Å². The molecular weight excluding hydrogens is 675 g/mol. The first-order valence-electron chi connectivity index (χ1n) is 17.4. The Morgan fingerprint density at radius 3 is 2.55 bits per heavy atom. The van der Waals surface area contributed by atoms with E-state index in [4.69, 9.17) is 4.74 Å². The molecule has 4 N–H and O–H groups in total. The van der Waals surface area contributed by atoms with Crippen LogP contribution in [0.1, 0.15) is 70.3 Å². The van der Waals surface area contributed by atoms with Crippen molar-refractivity contribution in [2.45, 2.75) is 94.2 Å². The third-order valence-electron chi connectivity index (χ3n) is 8.78. The molecule has 1 aromatic heterocycles. The highest BCUT2D eigenvalue weighted by Gasteiger charge is 2.39. The minimum Gasteiger partial charge on any atom is -0.450 e. The number of amides is 4. The van der Waals surface area contributed by atoms with Gasteiger partial charge in [0.25, 0.3) is 21.5 Å². The highest BCUT2D eigenvalue weighted by Crippen LogP contribution is 2.21. The van der Waals surface area contributed by atoms with Gasteiger partial charge in [-0.25, -0.2) is 17.9 Å². The van der Waals surface area contributed by atoms with Gasteiger partial charge in [-0.15, -0.1) is 6.58 Å². The van der Waals surface area contributed by atoms with E-state index < -0.39 is 52.0 Å². The molecule has 4 amide bonds. The van der Waals surface area contributed by atoms with Crippen LogP contribution >= 0.6 is 0 Å². The van der Waals surface area contributed by atoms with Crippen molar-refractivity contribution in [3.8, 4) is 0 Å². The number of unbranched alkanes of at least 4 members (excludes halogenated alkanes) is 3. The predicted molar refractivity (Wildman–Crippen MR) is 193 cm³/mol. The number of nitrogens with one attached hydrogen (secondary N) is 4. The number of ether oxygens (including phenoxy) is 1. The quantitative estimate of drug-likeness (QED) is 0.112. The van der Waals surface area contributed by atoms with Gasteiger partial charge in [0.2, 0.25) is 11.8 Å². The predicted octanol–water partition coefficient (Wildman–Crippen LogP) is 4.08. The maximum Gasteiger partial charge on any atom is 0.407 e. The van der Waals surface area contributed by atoms with Gasteiger partial charge in [0.1, 0.15) is 18.1 Å². The number of sulfonamides is 1. The Bertz CT molecular complexity index is 1850. The first kappa shape index (κ1) is 38.8. The van der Waals surface area contributed by atoms with E-state index in [1.165, 1.54) is 35.2 Å². The van der Waals surface area contributed by atoms with E-state index >= 15 is 0 Å². The van der Waals surface area contributed by atoms with Gasteiger partial charge < -0.3 is 25.3 Å². The van der Waals surface area contributed by atoms with Crippen molar-refractivity contribution < 1.29 is 32.3 Å². The minimum absolute atomic E-state index is 0.0420. The largest absolute Gasteiger partial charge is 0.450 e. The lowest BCUT2D eigenvalue weighted by Gasteiger charge is -2.29. The van der Waals surface area contributed by atoms with Crippen molar-refractivity contribution in [3.63, 3.8) is 0 Å².